The number of ether oxygens (including phenoxy) is 1. The summed E-state index contributed by atoms with van der Waals surface area (Å²) in [5, 5.41) is 0. The van der Waals surface area contributed by atoms with Gasteiger partial charge in [-0.1, -0.05) is 32.9 Å². The summed E-state index contributed by atoms with van der Waals surface area (Å²) in [5.74, 6) is 0.881. The maximum atomic E-state index is 5.09. The molecule has 15 heavy (non-hydrogen) atoms. The standard InChI is InChI=1S/C14H18O/c1-14(2,3)11-5-6-12-7-9-13(15-4)10-8-12/h6-11H,1-4H3. The molecule has 1 nitrogen and oxygen atoms in total. The van der Waals surface area contributed by atoms with Gasteiger partial charge in [-0.2, -0.15) is 0 Å². The van der Waals surface area contributed by atoms with Crippen molar-refractivity contribution >= 4 is 6.08 Å². The lowest BCUT2D eigenvalue weighted by Gasteiger charge is -2.08. The first-order chi connectivity index (χ1) is 7.01. The van der Waals surface area contributed by atoms with Gasteiger partial charge in [0, 0.05) is 0 Å². The van der Waals surface area contributed by atoms with Gasteiger partial charge in [-0.25, -0.2) is 0 Å². The van der Waals surface area contributed by atoms with E-state index in [-0.39, 0.29) is 5.41 Å². The first-order valence-electron chi connectivity index (χ1n) is 5.09. The summed E-state index contributed by atoms with van der Waals surface area (Å²) < 4.78 is 5.09. The lowest BCUT2D eigenvalue weighted by atomic mass is 9.97. The molecule has 0 N–H and O–H groups in total. The van der Waals surface area contributed by atoms with Crippen molar-refractivity contribution in [2.45, 2.75) is 20.8 Å². The summed E-state index contributed by atoms with van der Waals surface area (Å²) in [6, 6.07) is 7.93. The minimum Gasteiger partial charge on any atom is -0.497 e. The van der Waals surface area contributed by atoms with Crippen LogP contribution < -0.4 is 4.74 Å². The molecule has 0 amide bonds. The van der Waals surface area contributed by atoms with E-state index in [0.29, 0.717) is 0 Å². The molecular formula is C14H18O. The molecule has 0 saturated heterocycles. The fourth-order valence-electron chi connectivity index (χ4n) is 1.09. The maximum Gasteiger partial charge on any atom is 0.118 e. The lowest BCUT2D eigenvalue weighted by Crippen LogP contribution is -1.96. The second-order valence-corrected chi connectivity index (χ2v) is 4.59. The average molecular weight is 202 g/mol. The molecule has 0 fully saturated rings. The molecule has 0 bridgehead atoms. The summed E-state index contributed by atoms with van der Waals surface area (Å²) in [5.41, 5.74) is 4.51. The Bertz CT molecular complexity index is 359. The van der Waals surface area contributed by atoms with Gasteiger partial charge in [-0.15, -0.1) is 5.73 Å². The Balaban J connectivity index is 2.77. The van der Waals surface area contributed by atoms with Gasteiger partial charge in [-0.3, -0.25) is 0 Å². The third-order valence-electron chi connectivity index (χ3n) is 1.88. The predicted octanol–water partition coefficient (Wildman–Crippen LogP) is 3.91. The largest absolute Gasteiger partial charge is 0.497 e. The van der Waals surface area contributed by atoms with Crippen molar-refractivity contribution in [1.82, 2.24) is 0 Å². The Hall–Kier alpha value is -1.46. The van der Waals surface area contributed by atoms with Gasteiger partial charge in [0.15, 0.2) is 0 Å². The Morgan fingerprint density at radius 3 is 2.20 bits per heavy atom. The van der Waals surface area contributed by atoms with Crippen LogP contribution in [0.3, 0.4) is 0 Å². The van der Waals surface area contributed by atoms with E-state index >= 15 is 0 Å². The molecule has 0 unspecified atom stereocenters. The number of benzene rings is 1. The smallest absolute Gasteiger partial charge is 0.118 e. The van der Waals surface area contributed by atoms with Crippen LogP contribution in [0, 0.1) is 5.41 Å². The van der Waals surface area contributed by atoms with Crippen molar-refractivity contribution in [2.24, 2.45) is 5.41 Å². The Morgan fingerprint density at radius 2 is 1.73 bits per heavy atom. The van der Waals surface area contributed by atoms with Crippen LogP contribution in [0.5, 0.6) is 5.75 Å². The van der Waals surface area contributed by atoms with Crippen LogP contribution in [0.15, 0.2) is 36.1 Å². The van der Waals surface area contributed by atoms with E-state index in [9.17, 15) is 0 Å². The third kappa shape index (κ3) is 4.53. The van der Waals surface area contributed by atoms with Crippen molar-refractivity contribution in [3.8, 4) is 5.75 Å². The zero-order valence-electron chi connectivity index (χ0n) is 9.87. The van der Waals surface area contributed by atoms with Crippen molar-refractivity contribution in [2.75, 3.05) is 7.11 Å². The van der Waals surface area contributed by atoms with E-state index in [1.54, 1.807) is 7.11 Å². The van der Waals surface area contributed by atoms with Gasteiger partial charge >= 0.3 is 0 Å². The van der Waals surface area contributed by atoms with Gasteiger partial charge in [0.25, 0.3) is 0 Å². The summed E-state index contributed by atoms with van der Waals surface area (Å²) in [6.45, 7) is 6.46. The zero-order valence-corrected chi connectivity index (χ0v) is 9.87. The molecule has 0 aliphatic carbocycles. The van der Waals surface area contributed by atoms with Crippen molar-refractivity contribution in [1.29, 1.82) is 0 Å². The normalized spacial score (nSPS) is 10.4. The van der Waals surface area contributed by atoms with E-state index in [0.717, 1.165) is 11.3 Å². The van der Waals surface area contributed by atoms with Gasteiger partial charge < -0.3 is 4.74 Å². The summed E-state index contributed by atoms with van der Waals surface area (Å²) in [7, 11) is 1.67. The van der Waals surface area contributed by atoms with E-state index < -0.39 is 0 Å². The van der Waals surface area contributed by atoms with E-state index in [4.69, 9.17) is 4.74 Å². The first-order valence-corrected chi connectivity index (χ1v) is 5.09. The molecule has 0 aliphatic heterocycles. The molecule has 0 heterocycles. The zero-order chi connectivity index (χ0) is 11.3. The van der Waals surface area contributed by atoms with Crippen LogP contribution in [-0.2, 0) is 0 Å². The Morgan fingerprint density at radius 1 is 1.13 bits per heavy atom. The fraction of sp³-hybridized carbons (Fsp3) is 0.357. The number of hydrogen-bond donors (Lipinski definition) is 0. The van der Waals surface area contributed by atoms with Gasteiger partial charge in [0.05, 0.1) is 7.11 Å². The molecule has 1 aromatic rings. The molecule has 0 atom stereocenters. The summed E-state index contributed by atoms with van der Waals surface area (Å²) in [6.07, 6.45) is 4.04. The van der Waals surface area contributed by atoms with Crippen molar-refractivity contribution in [3.05, 3.63) is 41.6 Å². The highest BCUT2D eigenvalue weighted by Crippen LogP contribution is 2.15. The monoisotopic (exact) mass is 202 g/mol. The highest BCUT2D eigenvalue weighted by atomic mass is 16.5. The maximum absolute atomic E-state index is 5.09. The number of allylic oxidation sites excluding steroid dienone is 1. The van der Waals surface area contributed by atoms with Crippen molar-refractivity contribution in [3.63, 3.8) is 0 Å². The highest BCUT2D eigenvalue weighted by molar-refractivity contribution is 5.50. The van der Waals surface area contributed by atoms with E-state index in [2.05, 4.69) is 32.6 Å². The van der Waals surface area contributed by atoms with Crippen LogP contribution >= 0.6 is 0 Å². The predicted molar refractivity (Wildman–Crippen MR) is 65.0 cm³/mol. The molecule has 0 aliphatic rings. The molecule has 0 radical (unpaired) electrons. The van der Waals surface area contributed by atoms with Gasteiger partial charge in [0.2, 0.25) is 0 Å². The Kier molecular flexibility index (Phi) is 3.76. The second-order valence-electron chi connectivity index (χ2n) is 4.59. The van der Waals surface area contributed by atoms with Crippen LogP contribution in [0.2, 0.25) is 0 Å². The third-order valence-corrected chi connectivity index (χ3v) is 1.88. The SMILES string of the molecule is COc1ccc(C=C=CC(C)(C)C)cc1. The number of rotatable bonds is 2. The molecule has 1 heteroatoms. The van der Waals surface area contributed by atoms with Crippen LogP contribution in [0.1, 0.15) is 26.3 Å². The molecular weight excluding hydrogens is 184 g/mol. The summed E-state index contributed by atoms with van der Waals surface area (Å²) >= 11 is 0. The molecule has 0 spiro atoms. The Labute approximate surface area is 92.1 Å². The number of methoxy groups -OCH3 is 1. The highest BCUT2D eigenvalue weighted by Gasteiger charge is 2.01. The molecule has 80 valence electrons. The molecule has 1 rings (SSSR count). The quantitative estimate of drug-likeness (QED) is 0.661. The summed E-state index contributed by atoms with van der Waals surface area (Å²) in [4.78, 5) is 0. The average Bonchev–Trinajstić information content (AvgIpc) is 2.17. The molecule has 0 aromatic heterocycles. The van der Waals surface area contributed by atoms with Crippen LogP contribution in [0.4, 0.5) is 0 Å². The van der Waals surface area contributed by atoms with Crippen LogP contribution in [0.25, 0.3) is 6.08 Å². The molecule has 0 saturated carbocycles. The first kappa shape index (κ1) is 11.6. The van der Waals surface area contributed by atoms with E-state index in [1.807, 2.05) is 30.3 Å². The minimum atomic E-state index is 0.184. The van der Waals surface area contributed by atoms with E-state index in [1.165, 1.54) is 0 Å². The van der Waals surface area contributed by atoms with Crippen LogP contribution in [-0.4, -0.2) is 7.11 Å². The molecule has 1 aromatic carbocycles. The second kappa shape index (κ2) is 4.86. The number of hydrogen-bond acceptors (Lipinski definition) is 1. The minimum absolute atomic E-state index is 0.184. The lowest BCUT2D eigenvalue weighted by molar-refractivity contribution is 0.415. The fourth-order valence-corrected chi connectivity index (χ4v) is 1.09. The van der Waals surface area contributed by atoms with Gasteiger partial charge in [0.1, 0.15) is 5.75 Å². The van der Waals surface area contributed by atoms with Crippen molar-refractivity contribution < 1.29 is 4.74 Å². The topological polar surface area (TPSA) is 9.23 Å². The van der Waals surface area contributed by atoms with Gasteiger partial charge in [-0.05, 0) is 35.3 Å².